The monoisotopic (exact) mass is 332 g/mol. The molecule has 1 atom stereocenters. The van der Waals surface area contributed by atoms with E-state index in [9.17, 15) is 14.3 Å². The van der Waals surface area contributed by atoms with Gasteiger partial charge in [0.15, 0.2) is 0 Å². The van der Waals surface area contributed by atoms with Crippen molar-refractivity contribution in [3.63, 3.8) is 0 Å². The standard InChI is InChI=1S/C18H21FN2O3/c1-24-10-13(22)6-7-20-18(23)15-9-17(11-2-3-11)21-16-5-4-12(19)8-14(15)16/h4-5,8-9,11,13,22H,2-3,6-7,10H2,1H3,(H,20,23). The van der Waals surface area contributed by atoms with Crippen LogP contribution >= 0.6 is 0 Å². The van der Waals surface area contributed by atoms with E-state index in [2.05, 4.69) is 10.3 Å². The van der Waals surface area contributed by atoms with Gasteiger partial charge in [-0.3, -0.25) is 9.78 Å². The van der Waals surface area contributed by atoms with E-state index in [1.165, 1.54) is 19.2 Å². The van der Waals surface area contributed by atoms with E-state index in [1.54, 1.807) is 12.1 Å². The maximum atomic E-state index is 13.6. The van der Waals surface area contributed by atoms with Crippen LogP contribution in [0.25, 0.3) is 10.9 Å². The number of carbonyl (C=O) groups excluding carboxylic acids is 1. The molecule has 1 aliphatic carbocycles. The first-order chi connectivity index (χ1) is 11.6. The zero-order chi connectivity index (χ0) is 17.1. The number of pyridine rings is 1. The first-order valence-corrected chi connectivity index (χ1v) is 8.14. The number of methoxy groups -OCH3 is 1. The lowest BCUT2D eigenvalue weighted by atomic mass is 10.0. The number of hydrogen-bond donors (Lipinski definition) is 2. The largest absolute Gasteiger partial charge is 0.391 e. The van der Waals surface area contributed by atoms with E-state index in [0.717, 1.165) is 18.5 Å². The predicted octanol–water partition coefficient (Wildman–Crippen LogP) is 2.38. The van der Waals surface area contributed by atoms with Gasteiger partial charge < -0.3 is 15.2 Å². The summed E-state index contributed by atoms with van der Waals surface area (Å²) in [7, 11) is 1.51. The van der Waals surface area contributed by atoms with E-state index in [1.807, 2.05) is 0 Å². The SMILES string of the molecule is COCC(O)CCNC(=O)c1cc(C2CC2)nc2ccc(F)cc12. The van der Waals surface area contributed by atoms with Gasteiger partial charge in [-0.1, -0.05) is 0 Å². The second-order valence-electron chi connectivity index (χ2n) is 6.18. The zero-order valence-corrected chi connectivity index (χ0v) is 13.6. The number of aliphatic hydroxyl groups excluding tert-OH is 1. The summed E-state index contributed by atoms with van der Waals surface area (Å²) >= 11 is 0. The number of fused-ring (bicyclic) bond motifs is 1. The fourth-order valence-electron chi connectivity index (χ4n) is 2.72. The average Bonchev–Trinajstić information content (AvgIpc) is 3.39. The molecule has 1 aromatic carbocycles. The number of halogens is 1. The fourth-order valence-corrected chi connectivity index (χ4v) is 2.72. The van der Waals surface area contributed by atoms with Crippen LogP contribution in [0.5, 0.6) is 0 Å². The van der Waals surface area contributed by atoms with Crippen LogP contribution in [0.15, 0.2) is 24.3 Å². The molecule has 2 aromatic rings. The van der Waals surface area contributed by atoms with Gasteiger partial charge in [-0.05, 0) is 43.5 Å². The number of rotatable bonds is 7. The highest BCUT2D eigenvalue weighted by Gasteiger charge is 2.27. The summed E-state index contributed by atoms with van der Waals surface area (Å²) in [5.74, 6) is -0.276. The molecule has 1 heterocycles. The molecule has 1 aliphatic rings. The zero-order valence-electron chi connectivity index (χ0n) is 13.6. The second kappa shape index (κ2) is 7.23. The molecule has 1 amide bonds. The Morgan fingerprint density at radius 1 is 1.46 bits per heavy atom. The quantitative estimate of drug-likeness (QED) is 0.817. The maximum absolute atomic E-state index is 13.6. The van der Waals surface area contributed by atoms with Crippen LogP contribution in [0, 0.1) is 5.82 Å². The topological polar surface area (TPSA) is 71.5 Å². The van der Waals surface area contributed by atoms with E-state index < -0.39 is 11.9 Å². The van der Waals surface area contributed by atoms with Crippen molar-refractivity contribution in [2.45, 2.75) is 31.3 Å². The number of nitrogens with zero attached hydrogens (tertiary/aromatic N) is 1. The lowest BCUT2D eigenvalue weighted by molar-refractivity contribution is 0.0588. The van der Waals surface area contributed by atoms with Gasteiger partial charge in [-0.15, -0.1) is 0 Å². The normalized spacial score (nSPS) is 15.5. The summed E-state index contributed by atoms with van der Waals surface area (Å²) in [6.45, 7) is 0.548. The van der Waals surface area contributed by atoms with Crippen molar-refractivity contribution in [2.75, 3.05) is 20.3 Å². The van der Waals surface area contributed by atoms with Crippen molar-refractivity contribution >= 4 is 16.8 Å². The van der Waals surface area contributed by atoms with Crippen molar-refractivity contribution in [3.05, 3.63) is 41.3 Å². The molecule has 0 aliphatic heterocycles. The summed E-state index contributed by atoms with van der Waals surface area (Å²) in [5, 5.41) is 12.9. The summed E-state index contributed by atoms with van der Waals surface area (Å²) in [6, 6.07) is 6.07. The van der Waals surface area contributed by atoms with Crippen molar-refractivity contribution in [2.24, 2.45) is 0 Å². The fraction of sp³-hybridized carbons (Fsp3) is 0.444. The van der Waals surface area contributed by atoms with Crippen LogP contribution in [-0.4, -0.2) is 42.4 Å². The van der Waals surface area contributed by atoms with E-state index in [-0.39, 0.29) is 12.5 Å². The molecule has 128 valence electrons. The summed E-state index contributed by atoms with van der Waals surface area (Å²) in [5.41, 5.74) is 1.95. The minimum atomic E-state index is -0.621. The van der Waals surface area contributed by atoms with Crippen LogP contribution in [-0.2, 0) is 4.74 Å². The van der Waals surface area contributed by atoms with Crippen LogP contribution in [0.2, 0.25) is 0 Å². The molecule has 6 heteroatoms. The Labute approximate surface area is 139 Å². The molecule has 1 saturated carbocycles. The van der Waals surface area contributed by atoms with Gasteiger partial charge in [0.2, 0.25) is 0 Å². The third-order valence-electron chi connectivity index (χ3n) is 4.15. The summed E-state index contributed by atoms with van der Waals surface area (Å²) in [4.78, 5) is 17.1. The average molecular weight is 332 g/mol. The van der Waals surface area contributed by atoms with Gasteiger partial charge in [-0.2, -0.15) is 0 Å². The van der Waals surface area contributed by atoms with Crippen LogP contribution in [0.1, 0.15) is 41.2 Å². The molecule has 1 aromatic heterocycles. The molecule has 3 rings (SSSR count). The first kappa shape index (κ1) is 16.8. The highest BCUT2D eigenvalue weighted by Crippen LogP contribution is 2.40. The number of ether oxygens (including phenoxy) is 1. The Hall–Kier alpha value is -2.05. The van der Waals surface area contributed by atoms with Crippen LogP contribution in [0.3, 0.4) is 0 Å². The number of nitrogens with one attached hydrogen (secondary N) is 1. The maximum Gasteiger partial charge on any atom is 0.252 e. The first-order valence-electron chi connectivity index (χ1n) is 8.14. The lowest BCUT2D eigenvalue weighted by Gasteiger charge is -2.12. The molecule has 5 nitrogen and oxygen atoms in total. The molecule has 1 unspecified atom stereocenters. The molecule has 24 heavy (non-hydrogen) atoms. The van der Waals surface area contributed by atoms with E-state index >= 15 is 0 Å². The van der Waals surface area contributed by atoms with Gasteiger partial charge in [0.25, 0.3) is 5.91 Å². The number of benzene rings is 1. The Bertz CT molecular complexity index is 746. The Balaban J connectivity index is 1.81. The number of hydrogen-bond acceptors (Lipinski definition) is 4. The molecular weight excluding hydrogens is 311 g/mol. The van der Waals surface area contributed by atoms with Gasteiger partial charge in [0.05, 0.1) is 23.8 Å². The highest BCUT2D eigenvalue weighted by molar-refractivity contribution is 6.06. The molecular formula is C18H21FN2O3. The number of aliphatic hydroxyl groups is 1. The number of carbonyl (C=O) groups is 1. The number of aromatic nitrogens is 1. The predicted molar refractivity (Wildman–Crippen MR) is 88.5 cm³/mol. The van der Waals surface area contributed by atoms with Crippen molar-refractivity contribution in [1.29, 1.82) is 0 Å². The second-order valence-corrected chi connectivity index (χ2v) is 6.18. The van der Waals surface area contributed by atoms with E-state index in [0.29, 0.717) is 35.3 Å². The van der Waals surface area contributed by atoms with Crippen molar-refractivity contribution in [1.82, 2.24) is 10.3 Å². The molecule has 0 bridgehead atoms. The minimum Gasteiger partial charge on any atom is -0.391 e. The van der Waals surface area contributed by atoms with Gasteiger partial charge in [-0.25, -0.2) is 4.39 Å². The molecule has 1 fully saturated rings. The van der Waals surface area contributed by atoms with Crippen molar-refractivity contribution < 1.29 is 19.0 Å². The Morgan fingerprint density at radius 2 is 2.25 bits per heavy atom. The van der Waals surface area contributed by atoms with Gasteiger partial charge >= 0.3 is 0 Å². The summed E-state index contributed by atoms with van der Waals surface area (Å²) in [6.07, 6.45) is 1.92. The Kier molecular flexibility index (Phi) is 5.06. The summed E-state index contributed by atoms with van der Waals surface area (Å²) < 4.78 is 18.4. The highest BCUT2D eigenvalue weighted by atomic mass is 19.1. The van der Waals surface area contributed by atoms with Crippen molar-refractivity contribution in [3.8, 4) is 0 Å². The molecule has 2 N–H and O–H groups in total. The third kappa shape index (κ3) is 3.88. The lowest BCUT2D eigenvalue weighted by Crippen LogP contribution is -2.28. The Morgan fingerprint density at radius 3 is 2.96 bits per heavy atom. The van der Waals surface area contributed by atoms with E-state index in [4.69, 9.17) is 4.74 Å². The third-order valence-corrected chi connectivity index (χ3v) is 4.15. The number of amides is 1. The molecule has 0 radical (unpaired) electrons. The van der Waals surface area contributed by atoms with Crippen LogP contribution in [0.4, 0.5) is 4.39 Å². The van der Waals surface area contributed by atoms with Gasteiger partial charge in [0.1, 0.15) is 5.82 Å². The minimum absolute atomic E-state index is 0.227. The van der Waals surface area contributed by atoms with Gasteiger partial charge in [0, 0.05) is 30.7 Å². The van der Waals surface area contributed by atoms with Crippen LogP contribution < -0.4 is 5.32 Å². The smallest absolute Gasteiger partial charge is 0.252 e. The molecule has 0 saturated heterocycles. The molecule has 0 spiro atoms.